The molecular weight excluding hydrogens is 454 g/mol. The van der Waals surface area contributed by atoms with Crippen LogP contribution in [0.25, 0.3) is 0 Å². The van der Waals surface area contributed by atoms with Gasteiger partial charge in [0.25, 0.3) is 0 Å². The van der Waals surface area contributed by atoms with Crippen molar-refractivity contribution in [2.24, 2.45) is 17.4 Å². The minimum atomic E-state index is -1.89. The number of carboxylic acids is 2. The molecule has 0 saturated carbocycles. The van der Waals surface area contributed by atoms with Crippen molar-refractivity contribution in [2.45, 2.75) is 122 Å². The number of carboxylic acid groups (broad SMARTS) is 2. The molecule has 0 spiro atoms. The number of hydrogen-bond donors (Lipinski definition) is 5. The minimum absolute atomic E-state index is 0.0283. The second kappa shape index (κ2) is 18.6. The Bertz CT molecular complexity index is 684. The lowest BCUT2D eigenvalue weighted by molar-refractivity contribution is -0.153. The Morgan fingerprint density at radius 3 is 1.74 bits per heavy atom. The average Bonchev–Trinajstić information content (AvgIpc) is 2.75. The van der Waals surface area contributed by atoms with E-state index in [0.717, 1.165) is 25.7 Å². The Hall–Kier alpha value is -2.65. The van der Waals surface area contributed by atoms with E-state index in [1.807, 2.05) is 0 Å². The lowest BCUT2D eigenvalue weighted by Crippen LogP contribution is -2.60. The van der Waals surface area contributed by atoms with Crippen LogP contribution in [-0.4, -0.2) is 45.4 Å². The fourth-order valence-corrected chi connectivity index (χ4v) is 4.41. The van der Waals surface area contributed by atoms with E-state index in [4.69, 9.17) is 11.5 Å². The van der Waals surface area contributed by atoms with Gasteiger partial charge in [0.2, 0.25) is 17.7 Å². The van der Waals surface area contributed by atoms with Gasteiger partial charge in [0.05, 0.1) is 6.42 Å². The van der Waals surface area contributed by atoms with E-state index < -0.39 is 47.5 Å². The maximum absolute atomic E-state index is 12.8. The van der Waals surface area contributed by atoms with E-state index >= 15 is 0 Å². The Balaban J connectivity index is 5.22. The zero-order chi connectivity index (χ0) is 26.7. The number of hydrogen-bond acceptors (Lipinski definition) is 5. The third-order valence-electron chi connectivity index (χ3n) is 6.34. The summed E-state index contributed by atoms with van der Waals surface area (Å²) in [6.45, 7) is 2.17. The minimum Gasteiger partial charge on any atom is -0.481 e. The van der Waals surface area contributed by atoms with Crippen LogP contribution in [0.4, 0.5) is 0 Å². The molecule has 0 rings (SSSR count). The third-order valence-corrected chi connectivity index (χ3v) is 6.34. The fourth-order valence-electron chi connectivity index (χ4n) is 4.41. The largest absolute Gasteiger partial charge is 0.481 e. The van der Waals surface area contributed by atoms with E-state index in [-0.39, 0.29) is 44.9 Å². The number of aliphatic carboxylic acids is 2. The number of rotatable bonds is 23. The first-order chi connectivity index (χ1) is 16.5. The van der Waals surface area contributed by atoms with Gasteiger partial charge in [-0.1, -0.05) is 58.3 Å². The van der Waals surface area contributed by atoms with E-state index in [9.17, 15) is 34.2 Å². The highest BCUT2D eigenvalue weighted by atomic mass is 16.4. The van der Waals surface area contributed by atoms with Crippen LogP contribution in [0, 0.1) is 5.92 Å². The van der Waals surface area contributed by atoms with Crippen molar-refractivity contribution in [3.63, 3.8) is 0 Å². The highest BCUT2D eigenvalue weighted by Crippen LogP contribution is 2.32. The molecule has 202 valence electrons. The normalized spacial score (nSPS) is 13.5. The molecular formula is C25H45N3O7. The second-order valence-corrected chi connectivity index (χ2v) is 9.38. The molecule has 0 aromatic heterocycles. The van der Waals surface area contributed by atoms with E-state index in [2.05, 4.69) is 12.2 Å². The number of carbonyl (C=O) groups is 5. The summed E-state index contributed by atoms with van der Waals surface area (Å²) in [5, 5.41) is 22.2. The molecule has 1 unspecified atom stereocenters. The monoisotopic (exact) mass is 499 g/mol. The van der Waals surface area contributed by atoms with Gasteiger partial charge in [-0.2, -0.15) is 0 Å². The molecule has 10 heteroatoms. The summed E-state index contributed by atoms with van der Waals surface area (Å²) in [6, 6.07) is 0. The van der Waals surface area contributed by atoms with Crippen LogP contribution in [0.1, 0.15) is 116 Å². The van der Waals surface area contributed by atoms with Crippen LogP contribution < -0.4 is 16.8 Å². The number of amides is 3. The smallest absolute Gasteiger partial charge is 0.329 e. The Labute approximate surface area is 208 Å². The van der Waals surface area contributed by atoms with E-state index in [0.29, 0.717) is 6.42 Å². The zero-order valence-electron chi connectivity index (χ0n) is 21.2. The molecule has 3 amide bonds. The van der Waals surface area contributed by atoms with E-state index in [1.165, 1.54) is 25.7 Å². The Morgan fingerprint density at radius 2 is 1.26 bits per heavy atom. The number of nitrogens with one attached hydrogen (secondary N) is 1. The molecule has 0 aliphatic carbocycles. The van der Waals surface area contributed by atoms with Gasteiger partial charge in [0.1, 0.15) is 5.54 Å². The summed E-state index contributed by atoms with van der Waals surface area (Å²) >= 11 is 0. The summed E-state index contributed by atoms with van der Waals surface area (Å²) in [4.78, 5) is 59.1. The van der Waals surface area contributed by atoms with Gasteiger partial charge in [-0.05, 0) is 32.1 Å². The lowest BCUT2D eigenvalue weighted by atomic mass is 9.75. The van der Waals surface area contributed by atoms with Gasteiger partial charge < -0.3 is 27.0 Å². The van der Waals surface area contributed by atoms with Crippen LogP contribution in [-0.2, 0) is 24.0 Å². The van der Waals surface area contributed by atoms with Gasteiger partial charge in [-0.3, -0.25) is 19.2 Å². The van der Waals surface area contributed by atoms with Crippen LogP contribution in [0.5, 0.6) is 0 Å². The molecule has 0 aromatic carbocycles. The van der Waals surface area contributed by atoms with Gasteiger partial charge in [-0.25, -0.2) is 4.79 Å². The summed E-state index contributed by atoms with van der Waals surface area (Å²) in [5.74, 6) is -5.25. The summed E-state index contributed by atoms with van der Waals surface area (Å²) in [7, 11) is 0. The number of unbranched alkanes of at least 4 members (excludes halogenated alkanes) is 8. The van der Waals surface area contributed by atoms with Crippen molar-refractivity contribution >= 4 is 29.7 Å². The lowest BCUT2D eigenvalue weighted by Gasteiger charge is -2.38. The zero-order valence-corrected chi connectivity index (χ0v) is 21.2. The maximum Gasteiger partial charge on any atom is 0.329 e. The molecule has 7 N–H and O–H groups in total. The van der Waals surface area contributed by atoms with Crippen LogP contribution in [0.15, 0.2) is 0 Å². The Kier molecular flexibility index (Phi) is 17.2. The molecule has 2 atom stereocenters. The average molecular weight is 500 g/mol. The Morgan fingerprint density at radius 1 is 0.743 bits per heavy atom. The predicted molar refractivity (Wildman–Crippen MR) is 132 cm³/mol. The maximum atomic E-state index is 12.8. The summed E-state index contributed by atoms with van der Waals surface area (Å²) in [6.07, 6.45) is 9.27. The number of carbonyl (C=O) groups excluding carboxylic acids is 3. The molecule has 0 heterocycles. The fraction of sp³-hybridized carbons (Fsp3) is 0.800. The van der Waals surface area contributed by atoms with Crippen molar-refractivity contribution in [3.8, 4) is 0 Å². The molecule has 0 fully saturated rings. The van der Waals surface area contributed by atoms with Crippen LogP contribution >= 0.6 is 0 Å². The summed E-state index contributed by atoms with van der Waals surface area (Å²) in [5.41, 5.74) is 8.47. The van der Waals surface area contributed by atoms with Crippen molar-refractivity contribution in [1.29, 1.82) is 0 Å². The molecule has 0 aliphatic rings. The van der Waals surface area contributed by atoms with Crippen molar-refractivity contribution in [2.75, 3.05) is 0 Å². The highest BCUT2D eigenvalue weighted by Gasteiger charge is 2.47. The molecule has 0 bridgehead atoms. The molecule has 35 heavy (non-hydrogen) atoms. The van der Waals surface area contributed by atoms with Crippen molar-refractivity contribution < 1.29 is 34.2 Å². The number of nitrogens with two attached hydrogens (primary N) is 2. The van der Waals surface area contributed by atoms with Gasteiger partial charge in [0, 0.05) is 25.2 Å². The van der Waals surface area contributed by atoms with Gasteiger partial charge in [-0.15, -0.1) is 0 Å². The van der Waals surface area contributed by atoms with Crippen molar-refractivity contribution in [1.82, 2.24) is 5.32 Å². The standard InChI is InChI=1S/C25H45N3O7/c1-2-3-4-5-6-7-8-9-10-16-22(31)28-25(24(34)35,17-12-15-21(27)30)19(18-23(32)33)13-11-14-20(26)29/h19H,2-18H2,1H3,(H2,26,29)(H2,27,30)(H,28,31)(H,32,33)(H,34,35)/t19?,25-/m0/s1. The summed E-state index contributed by atoms with van der Waals surface area (Å²) < 4.78 is 0. The first kappa shape index (κ1) is 32.4. The van der Waals surface area contributed by atoms with Crippen LogP contribution in [0.2, 0.25) is 0 Å². The first-order valence-electron chi connectivity index (χ1n) is 12.9. The SMILES string of the molecule is CCCCCCCCCCCC(=O)N[C@](CCCC(N)=O)(C(=O)O)C(CCCC(N)=O)CC(=O)O. The van der Waals surface area contributed by atoms with Gasteiger partial charge >= 0.3 is 11.9 Å². The van der Waals surface area contributed by atoms with E-state index in [1.54, 1.807) is 0 Å². The van der Waals surface area contributed by atoms with Gasteiger partial charge in [0.15, 0.2) is 0 Å². The van der Waals surface area contributed by atoms with Crippen LogP contribution in [0.3, 0.4) is 0 Å². The predicted octanol–water partition coefficient (Wildman–Crippen LogP) is 3.25. The molecule has 0 radical (unpaired) electrons. The second-order valence-electron chi connectivity index (χ2n) is 9.38. The first-order valence-corrected chi connectivity index (χ1v) is 12.9. The topological polar surface area (TPSA) is 190 Å². The molecule has 0 aromatic rings. The molecule has 0 aliphatic heterocycles. The third kappa shape index (κ3) is 15.1. The number of primary amides is 2. The quantitative estimate of drug-likeness (QED) is 0.133. The molecule has 0 saturated heterocycles. The van der Waals surface area contributed by atoms with Crippen molar-refractivity contribution in [3.05, 3.63) is 0 Å². The molecule has 10 nitrogen and oxygen atoms in total. The highest BCUT2D eigenvalue weighted by molar-refractivity contribution is 5.88.